The molecule has 0 amide bonds. The second-order valence-electron chi connectivity index (χ2n) is 12.5. The fourth-order valence-corrected chi connectivity index (χ4v) is 5.76. The van der Waals surface area contributed by atoms with Gasteiger partial charge >= 0.3 is 6.18 Å². The molecule has 228 valence electrons. The SMILES string of the molecule is CC(C)(C)c1ccc(-c2nc3c(N4CCN(Cc5ccn(Cc6cccc(C(F)(F)F)c6)c(=O)c5)CC4)cccc3[nH]2)cc1. The molecule has 6 nitrogen and oxygen atoms in total. The average Bonchev–Trinajstić information content (AvgIpc) is 3.43. The Kier molecular flexibility index (Phi) is 7.84. The van der Waals surface area contributed by atoms with Gasteiger partial charge in [-0.3, -0.25) is 9.69 Å². The summed E-state index contributed by atoms with van der Waals surface area (Å²) < 4.78 is 40.7. The molecule has 0 spiro atoms. The van der Waals surface area contributed by atoms with E-state index in [9.17, 15) is 18.0 Å². The minimum Gasteiger partial charge on any atom is -0.367 e. The molecule has 1 fully saturated rings. The van der Waals surface area contributed by atoms with Crippen LogP contribution < -0.4 is 10.5 Å². The van der Waals surface area contributed by atoms with Crippen LogP contribution in [0, 0.1) is 0 Å². The number of piperazine rings is 1. The van der Waals surface area contributed by atoms with Gasteiger partial charge < -0.3 is 14.5 Å². The molecular formula is C35H36F3N5O. The van der Waals surface area contributed by atoms with Crippen LogP contribution in [-0.2, 0) is 24.7 Å². The van der Waals surface area contributed by atoms with Crippen LogP contribution in [0.3, 0.4) is 0 Å². The molecule has 1 aliphatic heterocycles. The van der Waals surface area contributed by atoms with E-state index in [4.69, 9.17) is 4.98 Å². The van der Waals surface area contributed by atoms with E-state index >= 15 is 0 Å². The van der Waals surface area contributed by atoms with Gasteiger partial charge in [-0.2, -0.15) is 13.2 Å². The van der Waals surface area contributed by atoms with Crippen LogP contribution in [0.25, 0.3) is 22.4 Å². The second kappa shape index (κ2) is 11.6. The lowest BCUT2D eigenvalue weighted by Gasteiger charge is -2.36. The molecule has 0 bridgehead atoms. The van der Waals surface area contributed by atoms with Crippen LogP contribution >= 0.6 is 0 Å². The standard InChI is InChI=1S/C35H36F3N5O/c1-34(2,3)27-12-10-26(11-13-27)33-39-29-8-5-9-30(32(29)40-33)42-18-16-41(17-19-42)22-25-14-15-43(31(44)21-25)23-24-6-4-7-28(20-24)35(36,37)38/h4-15,20-21H,16-19,22-23H2,1-3H3,(H,39,40). The number of H-pyrrole nitrogens is 1. The summed E-state index contributed by atoms with van der Waals surface area (Å²) >= 11 is 0. The maximum atomic E-state index is 13.1. The van der Waals surface area contributed by atoms with E-state index in [-0.39, 0.29) is 17.5 Å². The number of nitrogens with zero attached hydrogens (tertiary/aromatic N) is 4. The van der Waals surface area contributed by atoms with Gasteiger partial charge in [-0.25, -0.2) is 4.98 Å². The van der Waals surface area contributed by atoms with Gasteiger partial charge in [0.05, 0.1) is 23.3 Å². The maximum Gasteiger partial charge on any atom is 0.416 e. The van der Waals surface area contributed by atoms with Crippen LogP contribution in [0.15, 0.2) is 89.9 Å². The number of nitrogens with one attached hydrogen (secondary N) is 1. The lowest BCUT2D eigenvalue weighted by molar-refractivity contribution is -0.137. The molecule has 3 heterocycles. The van der Waals surface area contributed by atoms with Gasteiger partial charge in [-0.15, -0.1) is 0 Å². The number of para-hydroxylation sites is 1. The minimum atomic E-state index is -4.42. The van der Waals surface area contributed by atoms with Gasteiger partial charge in [0.1, 0.15) is 11.3 Å². The van der Waals surface area contributed by atoms with E-state index in [1.807, 2.05) is 6.07 Å². The number of aromatic amines is 1. The highest BCUT2D eigenvalue weighted by atomic mass is 19.4. The van der Waals surface area contributed by atoms with Crippen LogP contribution in [0.2, 0.25) is 0 Å². The summed E-state index contributed by atoms with van der Waals surface area (Å²) in [6.45, 7) is 10.7. The van der Waals surface area contributed by atoms with Gasteiger partial charge in [0.15, 0.2) is 0 Å². The molecule has 3 aromatic carbocycles. The first-order valence-electron chi connectivity index (χ1n) is 14.9. The summed E-state index contributed by atoms with van der Waals surface area (Å²) in [5.41, 5.74) is 5.88. The third-order valence-electron chi connectivity index (χ3n) is 8.30. The Balaban J connectivity index is 1.10. The largest absolute Gasteiger partial charge is 0.416 e. The maximum absolute atomic E-state index is 13.1. The summed E-state index contributed by atoms with van der Waals surface area (Å²) in [7, 11) is 0. The van der Waals surface area contributed by atoms with E-state index < -0.39 is 11.7 Å². The summed E-state index contributed by atoms with van der Waals surface area (Å²) in [5.74, 6) is 0.856. The quantitative estimate of drug-likeness (QED) is 0.227. The van der Waals surface area contributed by atoms with E-state index in [0.29, 0.717) is 12.1 Å². The Morgan fingerprint density at radius 2 is 1.50 bits per heavy atom. The highest BCUT2D eigenvalue weighted by Gasteiger charge is 2.30. The summed E-state index contributed by atoms with van der Waals surface area (Å²) in [6, 6.07) is 23.4. The molecule has 1 saturated heterocycles. The van der Waals surface area contributed by atoms with Gasteiger partial charge in [-0.05, 0) is 52.4 Å². The number of pyridine rings is 1. The fraction of sp³-hybridized carbons (Fsp3) is 0.314. The molecular weight excluding hydrogens is 563 g/mol. The van der Waals surface area contributed by atoms with Crippen LogP contribution in [0.1, 0.15) is 43.0 Å². The van der Waals surface area contributed by atoms with Crippen molar-refractivity contribution in [3.05, 3.63) is 118 Å². The Morgan fingerprint density at radius 3 is 2.18 bits per heavy atom. The zero-order chi connectivity index (χ0) is 31.1. The lowest BCUT2D eigenvalue weighted by Crippen LogP contribution is -2.46. The van der Waals surface area contributed by atoms with E-state index in [0.717, 1.165) is 72.0 Å². The number of rotatable bonds is 6. The molecule has 1 aliphatic rings. The Bertz CT molecular complexity index is 1820. The molecule has 1 N–H and O–H groups in total. The minimum absolute atomic E-state index is 0.0877. The highest BCUT2D eigenvalue weighted by molar-refractivity contribution is 5.91. The van der Waals surface area contributed by atoms with Gasteiger partial charge in [0, 0.05) is 50.6 Å². The molecule has 5 aromatic rings. The molecule has 2 aromatic heterocycles. The van der Waals surface area contributed by atoms with Crippen molar-refractivity contribution >= 4 is 16.7 Å². The van der Waals surface area contributed by atoms with E-state index in [1.165, 1.54) is 16.2 Å². The number of hydrogen-bond acceptors (Lipinski definition) is 4. The number of hydrogen-bond donors (Lipinski definition) is 1. The van der Waals surface area contributed by atoms with Gasteiger partial charge in [0.25, 0.3) is 5.56 Å². The van der Waals surface area contributed by atoms with Crippen molar-refractivity contribution in [3.8, 4) is 11.4 Å². The number of anilines is 1. The van der Waals surface area contributed by atoms with Crippen LogP contribution in [0.5, 0.6) is 0 Å². The molecule has 9 heteroatoms. The first kappa shape index (κ1) is 29.7. The predicted molar refractivity (Wildman–Crippen MR) is 169 cm³/mol. The van der Waals surface area contributed by atoms with Crippen LogP contribution in [0.4, 0.5) is 18.9 Å². The summed E-state index contributed by atoms with van der Waals surface area (Å²) in [4.78, 5) is 26.0. The third kappa shape index (κ3) is 6.43. The van der Waals surface area contributed by atoms with Crippen molar-refractivity contribution in [1.29, 1.82) is 0 Å². The molecule has 44 heavy (non-hydrogen) atoms. The second-order valence-corrected chi connectivity index (χ2v) is 12.5. The van der Waals surface area contributed by atoms with Gasteiger partial charge in [-0.1, -0.05) is 63.2 Å². The fourth-order valence-electron chi connectivity index (χ4n) is 5.76. The Labute approximate surface area is 254 Å². The smallest absolute Gasteiger partial charge is 0.367 e. The van der Waals surface area contributed by atoms with Crippen LogP contribution in [-0.4, -0.2) is 45.6 Å². The highest BCUT2D eigenvalue weighted by Crippen LogP contribution is 2.31. The van der Waals surface area contributed by atoms with Crippen molar-refractivity contribution in [2.24, 2.45) is 0 Å². The zero-order valence-electron chi connectivity index (χ0n) is 25.2. The molecule has 0 atom stereocenters. The first-order chi connectivity index (χ1) is 20.9. The van der Waals surface area contributed by atoms with Crippen molar-refractivity contribution in [2.75, 3.05) is 31.1 Å². The third-order valence-corrected chi connectivity index (χ3v) is 8.30. The van der Waals surface area contributed by atoms with E-state index in [2.05, 4.69) is 78.0 Å². The number of imidazole rings is 1. The predicted octanol–water partition coefficient (Wildman–Crippen LogP) is 7.08. The molecule has 0 aliphatic carbocycles. The molecule has 6 rings (SSSR count). The number of alkyl halides is 3. The Hall–Kier alpha value is -4.37. The number of halogens is 3. The number of benzene rings is 3. The normalized spacial score (nSPS) is 14.8. The first-order valence-corrected chi connectivity index (χ1v) is 14.9. The molecule has 0 unspecified atom stereocenters. The number of aromatic nitrogens is 3. The summed E-state index contributed by atoms with van der Waals surface area (Å²) in [5, 5.41) is 0. The van der Waals surface area contributed by atoms with Gasteiger partial charge in [0.2, 0.25) is 0 Å². The monoisotopic (exact) mass is 599 g/mol. The van der Waals surface area contributed by atoms with Crippen molar-refractivity contribution < 1.29 is 13.2 Å². The summed E-state index contributed by atoms with van der Waals surface area (Å²) in [6.07, 6.45) is -2.75. The number of fused-ring (bicyclic) bond motifs is 1. The van der Waals surface area contributed by atoms with E-state index in [1.54, 1.807) is 18.3 Å². The molecule has 0 saturated carbocycles. The van der Waals surface area contributed by atoms with Crippen molar-refractivity contribution in [3.63, 3.8) is 0 Å². The van der Waals surface area contributed by atoms with Crippen molar-refractivity contribution in [2.45, 2.75) is 45.5 Å². The van der Waals surface area contributed by atoms with Crippen molar-refractivity contribution in [1.82, 2.24) is 19.4 Å². The average molecular weight is 600 g/mol. The zero-order valence-corrected chi connectivity index (χ0v) is 25.2. The Morgan fingerprint density at radius 1 is 0.795 bits per heavy atom. The molecule has 0 radical (unpaired) electrons. The lowest BCUT2D eigenvalue weighted by atomic mass is 9.87. The topological polar surface area (TPSA) is 57.2 Å².